The molecule has 0 bridgehead atoms. The van der Waals surface area contributed by atoms with E-state index in [1.807, 2.05) is 0 Å². The largest absolute Gasteiger partial charge is 0.480 e. The zero-order valence-corrected chi connectivity index (χ0v) is 9.74. The van der Waals surface area contributed by atoms with Gasteiger partial charge in [-0.3, -0.25) is 9.79 Å². The highest BCUT2D eigenvalue weighted by Gasteiger charge is 2.26. The van der Waals surface area contributed by atoms with E-state index in [4.69, 9.17) is 15.3 Å². The number of carboxylic acid groups (broad SMARTS) is 3. The standard InChI is InChI=1S/C11H12N2O6/c14-9(15)5-12-2-1-6-3-7(10(16)17)13-8(4-6)11(18)19/h1-3,8,13H,4-5H2,(H,14,15)(H,16,17)(H,18,19)/b6-1+,12-2?. The molecule has 1 heterocycles. The van der Waals surface area contributed by atoms with Gasteiger partial charge in [0.05, 0.1) is 0 Å². The summed E-state index contributed by atoms with van der Waals surface area (Å²) in [5, 5.41) is 28.5. The summed E-state index contributed by atoms with van der Waals surface area (Å²) >= 11 is 0. The fourth-order valence-corrected chi connectivity index (χ4v) is 1.43. The van der Waals surface area contributed by atoms with Gasteiger partial charge in [0.25, 0.3) is 0 Å². The predicted octanol–water partition coefficient (Wildman–Crippen LogP) is -0.517. The summed E-state index contributed by atoms with van der Waals surface area (Å²) in [6.45, 7) is -0.403. The molecule has 0 saturated carbocycles. The molecule has 1 atom stereocenters. The zero-order chi connectivity index (χ0) is 14.4. The first kappa shape index (κ1) is 14.4. The number of aliphatic imine (C=N–C) groups is 1. The minimum Gasteiger partial charge on any atom is -0.480 e. The van der Waals surface area contributed by atoms with Crippen molar-refractivity contribution in [1.82, 2.24) is 5.32 Å². The Bertz CT molecular complexity index is 491. The van der Waals surface area contributed by atoms with Gasteiger partial charge in [0, 0.05) is 12.6 Å². The average molecular weight is 268 g/mol. The fourth-order valence-electron chi connectivity index (χ4n) is 1.43. The number of nitrogens with one attached hydrogen (secondary N) is 1. The lowest BCUT2D eigenvalue weighted by Crippen LogP contribution is -2.41. The van der Waals surface area contributed by atoms with Gasteiger partial charge in [-0.2, -0.15) is 0 Å². The molecule has 0 amide bonds. The van der Waals surface area contributed by atoms with Crippen molar-refractivity contribution in [1.29, 1.82) is 0 Å². The summed E-state index contributed by atoms with van der Waals surface area (Å²) in [5.74, 6) is -3.52. The van der Waals surface area contributed by atoms with E-state index < -0.39 is 30.5 Å². The molecule has 8 nitrogen and oxygen atoms in total. The number of carbonyl (C=O) groups is 3. The fraction of sp³-hybridized carbons (Fsp3) is 0.273. The molecule has 0 fully saturated rings. The smallest absolute Gasteiger partial charge is 0.351 e. The Labute approximate surface area is 107 Å². The Morgan fingerprint density at radius 3 is 2.58 bits per heavy atom. The predicted molar refractivity (Wildman–Crippen MR) is 64.0 cm³/mol. The molecule has 0 saturated heterocycles. The van der Waals surface area contributed by atoms with E-state index in [2.05, 4.69) is 10.3 Å². The van der Waals surface area contributed by atoms with Crippen LogP contribution in [0.4, 0.5) is 0 Å². The minimum atomic E-state index is -1.26. The van der Waals surface area contributed by atoms with Crippen molar-refractivity contribution in [2.75, 3.05) is 6.54 Å². The van der Waals surface area contributed by atoms with Crippen molar-refractivity contribution in [3.8, 4) is 0 Å². The summed E-state index contributed by atoms with van der Waals surface area (Å²) in [4.78, 5) is 35.5. The normalized spacial score (nSPS) is 20.9. The van der Waals surface area contributed by atoms with Crippen LogP contribution in [0.1, 0.15) is 6.42 Å². The molecule has 4 N–H and O–H groups in total. The second-order valence-electron chi connectivity index (χ2n) is 3.73. The monoisotopic (exact) mass is 268 g/mol. The molecule has 1 aliphatic heterocycles. The van der Waals surface area contributed by atoms with Crippen LogP contribution in [-0.2, 0) is 14.4 Å². The van der Waals surface area contributed by atoms with Gasteiger partial charge in [-0.15, -0.1) is 0 Å². The van der Waals surface area contributed by atoms with Crippen LogP contribution in [0.5, 0.6) is 0 Å². The Morgan fingerprint density at radius 1 is 1.37 bits per heavy atom. The van der Waals surface area contributed by atoms with Gasteiger partial charge in [-0.1, -0.05) is 0 Å². The molecular formula is C11H12N2O6. The van der Waals surface area contributed by atoms with Crippen molar-refractivity contribution >= 4 is 24.1 Å². The van der Waals surface area contributed by atoms with Gasteiger partial charge >= 0.3 is 17.9 Å². The van der Waals surface area contributed by atoms with Gasteiger partial charge in [-0.25, -0.2) is 9.59 Å². The van der Waals surface area contributed by atoms with Crippen LogP contribution in [0.25, 0.3) is 0 Å². The zero-order valence-electron chi connectivity index (χ0n) is 9.74. The number of carboxylic acids is 3. The molecular weight excluding hydrogens is 256 g/mol. The molecule has 0 aliphatic carbocycles. The van der Waals surface area contributed by atoms with Crippen LogP contribution >= 0.6 is 0 Å². The number of allylic oxidation sites excluding steroid dienone is 2. The maximum atomic E-state index is 10.9. The Kier molecular flexibility index (Phi) is 4.81. The second-order valence-corrected chi connectivity index (χ2v) is 3.73. The highest BCUT2D eigenvalue weighted by Crippen LogP contribution is 2.16. The molecule has 102 valence electrons. The van der Waals surface area contributed by atoms with E-state index in [1.165, 1.54) is 18.4 Å². The summed E-state index contributed by atoms with van der Waals surface area (Å²) in [5.41, 5.74) is 0.217. The van der Waals surface area contributed by atoms with Crippen LogP contribution in [0.2, 0.25) is 0 Å². The minimum absolute atomic E-state index is 0.0885. The Hall–Kier alpha value is -2.64. The van der Waals surface area contributed by atoms with Crippen LogP contribution in [0.3, 0.4) is 0 Å². The third-order valence-electron chi connectivity index (χ3n) is 2.25. The molecule has 0 aromatic heterocycles. The highest BCUT2D eigenvalue weighted by molar-refractivity contribution is 5.89. The third-order valence-corrected chi connectivity index (χ3v) is 2.25. The van der Waals surface area contributed by atoms with Gasteiger partial charge in [0.1, 0.15) is 18.3 Å². The van der Waals surface area contributed by atoms with E-state index in [0.29, 0.717) is 5.57 Å². The van der Waals surface area contributed by atoms with Gasteiger partial charge in [0.15, 0.2) is 0 Å². The molecule has 8 heteroatoms. The topological polar surface area (TPSA) is 136 Å². The van der Waals surface area contributed by atoms with Gasteiger partial charge < -0.3 is 20.6 Å². The van der Waals surface area contributed by atoms with Crippen LogP contribution in [0, 0.1) is 0 Å². The summed E-state index contributed by atoms with van der Waals surface area (Å²) in [7, 11) is 0. The number of aliphatic carboxylic acids is 3. The molecule has 0 aromatic carbocycles. The van der Waals surface area contributed by atoms with Crippen molar-refractivity contribution in [2.45, 2.75) is 12.5 Å². The summed E-state index contributed by atoms with van der Waals surface area (Å²) in [6, 6.07) is -1.03. The molecule has 1 unspecified atom stereocenters. The first-order valence-electron chi connectivity index (χ1n) is 5.25. The van der Waals surface area contributed by atoms with Crippen molar-refractivity contribution in [3.05, 3.63) is 23.4 Å². The first-order chi connectivity index (χ1) is 8.90. The van der Waals surface area contributed by atoms with Gasteiger partial charge in [0.2, 0.25) is 0 Å². The second kappa shape index (κ2) is 6.34. The lowest BCUT2D eigenvalue weighted by atomic mass is 10.00. The van der Waals surface area contributed by atoms with E-state index in [-0.39, 0.29) is 12.1 Å². The molecule has 0 aromatic rings. The highest BCUT2D eigenvalue weighted by atomic mass is 16.4. The Balaban J connectivity index is 2.86. The van der Waals surface area contributed by atoms with Crippen LogP contribution in [0.15, 0.2) is 28.4 Å². The molecule has 0 spiro atoms. The van der Waals surface area contributed by atoms with E-state index in [1.54, 1.807) is 0 Å². The number of hydrogen-bond donors (Lipinski definition) is 4. The van der Waals surface area contributed by atoms with E-state index in [9.17, 15) is 14.4 Å². The third kappa shape index (κ3) is 4.62. The number of hydrogen-bond acceptors (Lipinski definition) is 5. The lowest BCUT2D eigenvalue weighted by Gasteiger charge is -2.21. The first-order valence-corrected chi connectivity index (χ1v) is 5.25. The summed E-state index contributed by atoms with van der Waals surface area (Å²) in [6.07, 6.45) is 3.98. The van der Waals surface area contributed by atoms with E-state index in [0.717, 1.165) is 0 Å². The van der Waals surface area contributed by atoms with Crippen molar-refractivity contribution in [3.63, 3.8) is 0 Å². The SMILES string of the molecule is O=C(O)CN=C/C=C1\C=C(C(=O)O)NC(C(=O)O)C1. The van der Waals surface area contributed by atoms with Crippen molar-refractivity contribution < 1.29 is 29.7 Å². The molecule has 0 radical (unpaired) electrons. The molecule has 1 aliphatic rings. The maximum absolute atomic E-state index is 10.9. The quantitative estimate of drug-likeness (QED) is 0.492. The van der Waals surface area contributed by atoms with Crippen LogP contribution < -0.4 is 5.32 Å². The average Bonchev–Trinajstić information content (AvgIpc) is 2.34. The van der Waals surface area contributed by atoms with Gasteiger partial charge in [-0.05, 0) is 17.7 Å². The lowest BCUT2D eigenvalue weighted by molar-refractivity contribution is -0.139. The van der Waals surface area contributed by atoms with Crippen molar-refractivity contribution in [2.24, 2.45) is 4.99 Å². The summed E-state index contributed by atoms with van der Waals surface area (Å²) < 4.78 is 0. The number of nitrogens with zero attached hydrogens (tertiary/aromatic N) is 1. The van der Waals surface area contributed by atoms with Crippen LogP contribution in [-0.4, -0.2) is 52.0 Å². The Morgan fingerprint density at radius 2 is 2.05 bits per heavy atom. The maximum Gasteiger partial charge on any atom is 0.351 e. The molecule has 19 heavy (non-hydrogen) atoms. The number of rotatable bonds is 5. The molecule has 1 rings (SSSR count). The van der Waals surface area contributed by atoms with E-state index >= 15 is 0 Å².